The fourth-order valence-corrected chi connectivity index (χ4v) is 3.05. The standard InChI is InChI=1S/C17H24N4O2/c1-13(6-7-15-5-3-9-23-15)20-16-10-17(19-12-18-16)21-8-2-4-14(21)11-22/h3,5,9-10,12-14,22H,2,4,6-8,11H2,1H3,(H,18,19,20)/t13-,14-/m1/s1. The van der Waals surface area contributed by atoms with Crippen molar-refractivity contribution in [2.75, 3.05) is 23.4 Å². The summed E-state index contributed by atoms with van der Waals surface area (Å²) in [5, 5.41) is 12.9. The third-order valence-electron chi connectivity index (χ3n) is 4.33. The smallest absolute Gasteiger partial charge is 0.134 e. The van der Waals surface area contributed by atoms with Crippen molar-refractivity contribution in [1.29, 1.82) is 0 Å². The number of furan rings is 1. The van der Waals surface area contributed by atoms with Crippen LogP contribution < -0.4 is 10.2 Å². The van der Waals surface area contributed by atoms with Gasteiger partial charge in [0.1, 0.15) is 23.7 Å². The molecule has 1 saturated heterocycles. The summed E-state index contributed by atoms with van der Waals surface area (Å²) in [5.41, 5.74) is 0. The lowest BCUT2D eigenvalue weighted by atomic mass is 10.1. The second-order valence-corrected chi connectivity index (χ2v) is 6.10. The zero-order valence-corrected chi connectivity index (χ0v) is 13.5. The molecule has 0 aliphatic carbocycles. The van der Waals surface area contributed by atoms with Gasteiger partial charge in [-0.2, -0.15) is 0 Å². The highest BCUT2D eigenvalue weighted by Crippen LogP contribution is 2.24. The molecule has 3 rings (SSSR count). The lowest BCUT2D eigenvalue weighted by molar-refractivity contribution is 0.266. The fourth-order valence-electron chi connectivity index (χ4n) is 3.05. The van der Waals surface area contributed by atoms with Gasteiger partial charge in [0.05, 0.1) is 18.9 Å². The summed E-state index contributed by atoms with van der Waals surface area (Å²) < 4.78 is 5.36. The molecule has 0 radical (unpaired) electrons. The van der Waals surface area contributed by atoms with Crippen LogP contribution >= 0.6 is 0 Å². The van der Waals surface area contributed by atoms with Crippen LogP contribution in [0.4, 0.5) is 11.6 Å². The SMILES string of the molecule is C[C@H](CCc1ccco1)Nc1cc(N2CCC[C@@H]2CO)ncn1. The van der Waals surface area contributed by atoms with Crippen LogP contribution in [0, 0.1) is 0 Å². The molecule has 0 unspecified atom stereocenters. The van der Waals surface area contributed by atoms with Gasteiger partial charge in [-0.05, 0) is 38.3 Å². The molecular weight excluding hydrogens is 292 g/mol. The fraction of sp³-hybridized carbons (Fsp3) is 0.529. The molecule has 124 valence electrons. The number of hydrogen-bond acceptors (Lipinski definition) is 6. The van der Waals surface area contributed by atoms with Gasteiger partial charge in [0.15, 0.2) is 0 Å². The summed E-state index contributed by atoms with van der Waals surface area (Å²) >= 11 is 0. The summed E-state index contributed by atoms with van der Waals surface area (Å²) in [5.74, 6) is 2.72. The Hall–Kier alpha value is -2.08. The lowest BCUT2D eigenvalue weighted by Crippen LogP contribution is -2.32. The Labute approximate surface area is 136 Å². The third kappa shape index (κ3) is 4.01. The number of aryl methyl sites for hydroxylation is 1. The normalized spacial score (nSPS) is 19.0. The molecular formula is C17H24N4O2. The van der Waals surface area contributed by atoms with Crippen molar-refractivity contribution < 1.29 is 9.52 Å². The van der Waals surface area contributed by atoms with Crippen molar-refractivity contribution in [3.8, 4) is 0 Å². The quantitative estimate of drug-likeness (QED) is 0.817. The van der Waals surface area contributed by atoms with Gasteiger partial charge in [-0.3, -0.25) is 0 Å². The molecule has 1 fully saturated rings. The Balaban J connectivity index is 1.58. The van der Waals surface area contributed by atoms with Gasteiger partial charge in [-0.25, -0.2) is 9.97 Å². The minimum Gasteiger partial charge on any atom is -0.469 e. The highest BCUT2D eigenvalue weighted by atomic mass is 16.3. The average Bonchev–Trinajstić information content (AvgIpc) is 3.24. The van der Waals surface area contributed by atoms with E-state index in [0.717, 1.165) is 49.6 Å². The highest BCUT2D eigenvalue weighted by molar-refractivity contribution is 5.50. The van der Waals surface area contributed by atoms with E-state index < -0.39 is 0 Å². The summed E-state index contributed by atoms with van der Waals surface area (Å²) in [4.78, 5) is 10.8. The van der Waals surface area contributed by atoms with Crippen LogP contribution in [0.15, 0.2) is 35.2 Å². The van der Waals surface area contributed by atoms with Crippen LogP contribution in [0.3, 0.4) is 0 Å². The molecule has 6 nitrogen and oxygen atoms in total. The van der Waals surface area contributed by atoms with Crippen molar-refractivity contribution in [3.63, 3.8) is 0 Å². The maximum Gasteiger partial charge on any atom is 0.134 e. The topological polar surface area (TPSA) is 74.4 Å². The monoisotopic (exact) mass is 316 g/mol. The van der Waals surface area contributed by atoms with E-state index in [1.807, 2.05) is 18.2 Å². The van der Waals surface area contributed by atoms with E-state index >= 15 is 0 Å². The van der Waals surface area contributed by atoms with Gasteiger partial charge in [-0.1, -0.05) is 0 Å². The Morgan fingerprint density at radius 3 is 3.17 bits per heavy atom. The summed E-state index contributed by atoms with van der Waals surface area (Å²) in [7, 11) is 0. The lowest BCUT2D eigenvalue weighted by Gasteiger charge is -2.24. The molecule has 3 heterocycles. The first-order valence-corrected chi connectivity index (χ1v) is 8.24. The van der Waals surface area contributed by atoms with Gasteiger partial charge in [0.2, 0.25) is 0 Å². The molecule has 2 aromatic heterocycles. The second-order valence-electron chi connectivity index (χ2n) is 6.10. The molecule has 1 aliphatic heterocycles. The molecule has 6 heteroatoms. The number of nitrogens with zero attached hydrogens (tertiary/aromatic N) is 3. The van der Waals surface area contributed by atoms with E-state index in [4.69, 9.17) is 4.42 Å². The van der Waals surface area contributed by atoms with Crippen LogP contribution in [0.1, 0.15) is 31.9 Å². The molecule has 2 aromatic rings. The van der Waals surface area contributed by atoms with Crippen molar-refractivity contribution in [2.45, 2.75) is 44.7 Å². The maximum atomic E-state index is 9.46. The van der Waals surface area contributed by atoms with E-state index in [0.29, 0.717) is 0 Å². The minimum atomic E-state index is 0.173. The molecule has 2 N–H and O–H groups in total. The number of nitrogens with one attached hydrogen (secondary N) is 1. The Bertz CT molecular complexity index is 602. The van der Waals surface area contributed by atoms with Crippen molar-refractivity contribution in [2.24, 2.45) is 0 Å². The highest BCUT2D eigenvalue weighted by Gasteiger charge is 2.25. The molecule has 1 aliphatic rings. The number of hydrogen-bond donors (Lipinski definition) is 2. The van der Waals surface area contributed by atoms with Gasteiger partial charge in [0.25, 0.3) is 0 Å². The maximum absolute atomic E-state index is 9.46. The number of aliphatic hydroxyl groups excluding tert-OH is 1. The third-order valence-corrected chi connectivity index (χ3v) is 4.33. The Kier molecular flexibility index (Phi) is 5.12. The molecule has 0 amide bonds. The van der Waals surface area contributed by atoms with E-state index in [2.05, 4.69) is 27.1 Å². The Morgan fingerprint density at radius 2 is 2.39 bits per heavy atom. The van der Waals surface area contributed by atoms with Crippen LogP contribution in [0.5, 0.6) is 0 Å². The van der Waals surface area contributed by atoms with Crippen LogP contribution in [0.25, 0.3) is 0 Å². The molecule has 0 aromatic carbocycles. The largest absolute Gasteiger partial charge is 0.469 e. The predicted octanol–water partition coefficient (Wildman–Crippen LogP) is 2.46. The minimum absolute atomic E-state index is 0.173. The zero-order chi connectivity index (χ0) is 16.1. The molecule has 23 heavy (non-hydrogen) atoms. The molecule has 0 saturated carbocycles. The van der Waals surface area contributed by atoms with E-state index in [1.165, 1.54) is 0 Å². The molecule has 2 atom stereocenters. The number of aromatic nitrogens is 2. The summed E-state index contributed by atoms with van der Waals surface area (Å²) in [6, 6.07) is 6.34. The number of aliphatic hydroxyl groups is 1. The van der Waals surface area contributed by atoms with Crippen molar-refractivity contribution in [3.05, 3.63) is 36.5 Å². The van der Waals surface area contributed by atoms with Crippen LogP contribution in [-0.4, -0.2) is 40.3 Å². The predicted molar refractivity (Wildman–Crippen MR) is 89.6 cm³/mol. The van der Waals surface area contributed by atoms with Gasteiger partial charge in [0, 0.05) is 25.1 Å². The number of rotatable bonds is 7. The summed E-state index contributed by atoms with van der Waals surface area (Å²) in [6.45, 7) is 3.25. The van der Waals surface area contributed by atoms with Crippen molar-refractivity contribution >= 4 is 11.6 Å². The first-order valence-electron chi connectivity index (χ1n) is 8.24. The van der Waals surface area contributed by atoms with Crippen LogP contribution in [-0.2, 0) is 6.42 Å². The first kappa shape index (κ1) is 15.8. The van der Waals surface area contributed by atoms with Gasteiger partial charge >= 0.3 is 0 Å². The molecule has 0 bridgehead atoms. The van der Waals surface area contributed by atoms with Crippen LogP contribution in [0.2, 0.25) is 0 Å². The Morgan fingerprint density at radius 1 is 1.48 bits per heavy atom. The second kappa shape index (κ2) is 7.46. The first-order chi connectivity index (χ1) is 11.3. The summed E-state index contributed by atoms with van der Waals surface area (Å²) in [6.07, 6.45) is 7.27. The van der Waals surface area contributed by atoms with Gasteiger partial charge in [-0.15, -0.1) is 0 Å². The average molecular weight is 316 g/mol. The van der Waals surface area contributed by atoms with Gasteiger partial charge < -0.3 is 19.7 Å². The van der Waals surface area contributed by atoms with E-state index in [9.17, 15) is 5.11 Å². The zero-order valence-electron chi connectivity index (χ0n) is 13.5. The number of anilines is 2. The van der Waals surface area contributed by atoms with E-state index in [-0.39, 0.29) is 18.7 Å². The van der Waals surface area contributed by atoms with Crippen molar-refractivity contribution in [1.82, 2.24) is 9.97 Å². The molecule has 0 spiro atoms. The van der Waals surface area contributed by atoms with E-state index in [1.54, 1.807) is 12.6 Å².